The lowest BCUT2D eigenvalue weighted by Gasteiger charge is -2.26. The number of amides is 1. The molecule has 110 valence electrons. The summed E-state index contributed by atoms with van der Waals surface area (Å²) in [4.78, 5) is 14.4. The van der Waals surface area contributed by atoms with Gasteiger partial charge >= 0.3 is 0 Å². The highest BCUT2D eigenvalue weighted by Crippen LogP contribution is 2.12. The molecule has 1 fully saturated rings. The van der Waals surface area contributed by atoms with Gasteiger partial charge in [0.05, 0.1) is 0 Å². The fourth-order valence-corrected chi connectivity index (χ4v) is 2.58. The zero-order valence-electron chi connectivity index (χ0n) is 12.1. The number of carbonyl (C=O) groups excluding carboxylic acids is 1. The van der Waals surface area contributed by atoms with Gasteiger partial charge < -0.3 is 10.2 Å². The first kappa shape index (κ1) is 15.0. The maximum absolute atomic E-state index is 12.9. The number of halogens is 1. The molecule has 2 rings (SSSR count). The zero-order valence-corrected chi connectivity index (χ0v) is 12.1. The average molecular weight is 278 g/mol. The van der Waals surface area contributed by atoms with Crippen molar-refractivity contribution < 1.29 is 9.18 Å². The number of rotatable bonds is 6. The molecule has 0 radical (unpaired) electrons. The SMILES string of the molecule is CCCCN(CC1CCCN1)C(=O)c1ccc(F)cc1. The van der Waals surface area contributed by atoms with Crippen LogP contribution in [0.1, 0.15) is 43.0 Å². The molecule has 1 aromatic carbocycles. The Morgan fingerprint density at radius 1 is 1.40 bits per heavy atom. The van der Waals surface area contributed by atoms with Crippen LogP contribution in [0.5, 0.6) is 0 Å². The fraction of sp³-hybridized carbons (Fsp3) is 0.562. The van der Waals surface area contributed by atoms with Gasteiger partial charge in [-0.1, -0.05) is 13.3 Å². The normalized spacial score (nSPS) is 18.2. The minimum absolute atomic E-state index is 0.00662. The second-order valence-electron chi connectivity index (χ2n) is 5.40. The van der Waals surface area contributed by atoms with E-state index in [4.69, 9.17) is 0 Å². The molecule has 0 saturated carbocycles. The number of hydrogen-bond acceptors (Lipinski definition) is 2. The highest BCUT2D eigenvalue weighted by atomic mass is 19.1. The Morgan fingerprint density at radius 2 is 2.15 bits per heavy atom. The maximum atomic E-state index is 12.9. The molecule has 1 atom stereocenters. The minimum Gasteiger partial charge on any atom is -0.337 e. The van der Waals surface area contributed by atoms with Crippen LogP contribution in [-0.2, 0) is 0 Å². The van der Waals surface area contributed by atoms with Gasteiger partial charge in [-0.25, -0.2) is 4.39 Å². The Kier molecular flexibility index (Phi) is 5.53. The fourth-order valence-electron chi connectivity index (χ4n) is 2.58. The number of unbranched alkanes of at least 4 members (excludes halogenated alkanes) is 1. The Hall–Kier alpha value is -1.42. The molecule has 1 aliphatic rings. The van der Waals surface area contributed by atoms with Crippen molar-refractivity contribution in [3.8, 4) is 0 Å². The molecule has 1 saturated heterocycles. The number of carbonyl (C=O) groups is 1. The summed E-state index contributed by atoms with van der Waals surface area (Å²) in [6, 6.07) is 6.23. The summed E-state index contributed by atoms with van der Waals surface area (Å²) < 4.78 is 12.9. The van der Waals surface area contributed by atoms with Gasteiger partial charge in [0.25, 0.3) is 5.91 Å². The van der Waals surface area contributed by atoms with Crippen LogP contribution in [0.15, 0.2) is 24.3 Å². The quantitative estimate of drug-likeness (QED) is 0.868. The van der Waals surface area contributed by atoms with Crippen LogP contribution in [0.25, 0.3) is 0 Å². The van der Waals surface area contributed by atoms with Crippen LogP contribution in [0.3, 0.4) is 0 Å². The Labute approximate surface area is 120 Å². The van der Waals surface area contributed by atoms with Gasteiger partial charge in [0.1, 0.15) is 5.82 Å². The Balaban J connectivity index is 2.03. The number of benzene rings is 1. The predicted octanol–water partition coefficient (Wildman–Crippen LogP) is 2.82. The molecule has 1 heterocycles. The molecule has 20 heavy (non-hydrogen) atoms. The van der Waals surface area contributed by atoms with Crippen LogP contribution >= 0.6 is 0 Å². The summed E-state index contributed by atoms with van der Waals surface area (Å²) >= 11 is 0. The van der Waals surface area contributed by atoms with Crippen LogP contribution in [-0.4, -0.2) is 36.5 Å². The summed E-state index contributed by atoms with van der Waals surface area (Å²) in [5.74, 6) is -0.300. The molecular weight excluding hydrogens is 255 g/mol. The molecule has 0 aromatic heterocycles. The lowest BCUT2D eigenvalue weighted by Crippen LogP contribution is -2.41. The molecule has 3 nitrogen and oxygen atoms in total. The number of nitrogens with one attached hydrogen (secondary N) is 1. The van der Waals surface area contributed by atoms with Crippen molar-refractivity contribution in [2.75, 3.05) is 19.6 Å². The molecule has 1 aromatic rings. The Morgan fingerprint density at radius 3 is 2.75 bits per heavy atom. The van der Waals surface area contributed by atoms with E-state index in [-0.39, 0.29) is 11.7 Å². The van der Waals surface area contributed by atoms with E-state index < -0.39 is 0 Å². The smallest absolute Gasteiger partial charge is 0.253 e. The standard InChI is InChI=1S/C16H23FN2O/c1-2-3-11-19(12-15-5-4-10-18-15)16(20)13-6-8-14(17)9-7-13/h6-9,15,18H,2-5,10-12H2,1H3. The third-order valence-corrected chi connectivity index (χ3v) is 3.76. The van der Waals surface area contributed by atoms with Crippen molar-refractivity contribution in [2.24, 2.45) is 0 Å². The van der Waals surface area contributed by atoms with Gasteiger partial charge in [-0.05, 0) is 50.1 Å². The van der Waals surface area contributed by atoms with Crippen LogP contribution in [0.4, 0.5) is 4.39 Å². The molecule has 4 heteroatoms. The molecular formula is C16H23FN2O. The highest BCUT2D eigenvalue weighted by molar-refractivity contribution is 5.94. The maximum Gasteiger partial charge on any atom is 0.253 e. The van der Waals surface area contributed by atoms with E-state index in [2.05, 4.69) is 12.2 Å². The summed E-state index contributed by atoms with van der Waals surface area (Å²) in [6.07, 6.45) is 4.36. The molecule has 1 N–H and O–H groups in total. The van der Waals surface area contributed by atoms with Gasteiger partial charge in [0.2, 0.25) is 0 Å². The first-order valence-corrected chi connectivity index (χ1v) is 7.49. The van der Waals surface area contributed by atoms with E-state index in [1.165, 1.54) is 18.6 Å². The van der Waals surface area contributed by atoms with E-state index in [1.807, 2.05) is 4.90 Å². The van der Waals surface area contributed by atoms with E-state index in [9.17, 15) is 9.18 Å². The monoisotopic (exact) mass is 278 g/mol. The van der Waals surface area contributed by atoms with Crippen LogP contribution in [0, 0.1) is 5.82 Å². The highest BCUT2D eigenvalue weighted by Gasteiger charge is 2.22. The molecule has 1 aliphatic heterocycles. The number of nitrogens with zero attached hydrogens (tertiary/aromatic N) is 1. The summed E-state index contributed by atoms with van der Waals surface area (Å²) in [5.41, 5.74) is 0.570. The summed E-state index contributed by atoms with van der Waals surface area (Å²) in [7, 11) is 0. The largest absolute Gasteiger partial charge is 0.337 e. The third kappa shape index (κ3) is 4.04. The van der Waals surface area contributed by atoms with Crippen molar-refractivity contribution in [1.82, 2.24) is 10.2 Å². The average Bonchev–Trinajstić information content (AvgIpc) is 2.96. The van der Waals surface area contributed by atoms with Crippen molar-refractivity contribution in [2.45, 2.75) is 38.6 Å². The molecule has 1 amide bonds. The second-order valence-corrected chi connectivity index (χ2v) is 5.40. The van der Waals surface area contributed by atoms with Crippen molar-refractivity contribution in [1.29, 1.82) is 0 Å². The van der Waals surface area contributed by atoms with Crippen LogP contribution in [0.2, 0.25) is 0 Å². The molecule has 1 unspecified atom stereocenters. The summed E-state index contributed by atoms with van der Waals surface area (Å²) in [6.45, 7) is 4.67. The van der Waals surface area contributed by atoms with Gasteiger partial charge in [0, 0.05) is 24.7 Å². The van der Waals surface area contributed by atoms with Gasteiger partial charge in [-0.15, -0.1) is 0 Å². The van der Waals surface area contributed by atoms with Crippen LogP contribution < -0.4 is 5.32 Å². The first-order valence-electron chi connectivity index (χ1n) is 7.49. The van der Waals surface area contributed by atoms with Gasteiger partial charge in [0.15, 0.2) is 0 Å². The number of hydrogen-bond donors (Lipinski definition) is 1. The van der Waals surface area contributed by atoms with Crippen molar-refractivity contribution in [3.63, 3.8) is 0 Å². The zero-order chi connectivity index (χ0) is 14.4. The first-order chi connectivity index (χ1) is 9.70. The van der Waals surface area contributed by atoms with E-state index >= 15 is 0 Å². The topological polar surface area (TPSA) is 32.3 Å². The lowest BCUT2D eigenvalue weighted by atomic mass is 10.1. The third-order valence-electron chi connectivity index (χ3n) is 3.76. The van der Waals surface area contributed by atoms with Gasteiger partial charge in [-0.3, -0.25) is 4.79 Å². The van der Waals surface area contributed by atoms with Crippen molar-refractivity contribution in [3.05, 3.63) is 35.6 Å². The van der Waals surface area contributed by atoms with E-state index in [0.29, 0.717) is 11.6 Å². The molecule has 0 spiro atoms. The minimum atomic E-state index is -0.306. The predicted molar refractivity (Wildman–Crippen MR) is 78.2 cm³/mol. The van der Waals surface area contributed by atoms with E-state index in [1.54, 1.807) is 12.1 Å². The Bertz CT molecular complexity index is 427. The lowest BCUT2D eigenvalue weighted by molar-refractivity contribution is 0.0739. The van der Waals surface area contributed by atoms with Crippen molar-refractivity contribution >= 4 is 5.91 Å². The summed E-state index contributed by atoms with van der Waals surface area (Å²) in [5, 5.41) is 3.43. The molecule has 0 bridgehead atoms. The second kappa shape index (κ2) is 7.39. The van der Waals surface area contributed by atoms with Gasteiger partial charge in [-0.2, -0.15) is 0 Å². The van der Waals surface area contributed by atoms with E-state index in [0.717, 1.165) is 38.9 Å². The molecule has 0 aliphatic carbocycles.